The van der Waals surface area contributed by atoms with Crippen LogP contribution in [-0.2, 0) is 10.8 Å². The Morgan fingerprint density at radius 3 is 2.57 bits per heavy atom. The first-order valence-corrected chi connectivity index (χ1v) is 9.24. The van der Waals surface area contributed by atoms with Crippen molar-refractivity contribution in [1.82, 2.24) is 5.32 Å². The number of nitrogens with one attached hydrogen (secondary N) is 1. The monoisotopic (exact) mass is 331 g/mol. The molecule has 0 aliphatic carbocycles. The molecule has 1 heterocycles. The van der Waals surface area contributed by atoms with E-state index in [2.05, 4.69) is 12.2 Å². The van der Waals surface area contributed by atoms with Gasteiger partial charge in [0, 0.05) is 34.5 Å². The lowest BCUT2D eigenvalue weighted by Crippen LogP contribution is -2.39. The van der Waals surface area contributed by atoms with Gasteiger partial charge in [0.1, 0.15) is 12.7 Å². The average molecular weight is 331 g/mol. The fourth-order valence-corrected chi connectivity index (χ4v) is 3.06. The topological polar surface area (TPSA) is 47.6 Å². The molecule has 0 saturated carbocycles. The molecule has 3 atom stereocenters. The second kappa shape index (κ2) is 7.15. The van der Waals surface area contributed by atoms with E-state index in [0.717, 1.165) is 22.0 Å². The third-order valence-corrected chi connectivity index (χ3v) is 4.87. The van der Waals surface area contributed by atoms with Gasteiger partial charge in [0.25, 0.3) is 0 Å². The Bertz CT molecular complexity index is 687. The summed E-state index contributed by atoms with van der Waals surface area (Å²) in [6.07, 6.45) is 1.68. The van der Waals surface area contributed by atoms with Crippen LogP contribution >= 0.6 is 0 Å². The van der Waals surface area contributed by atoms with Crippen molar-refractivity contribution in [3.8, 4) is 11.5 Å². The number of para-hydroxylation sites is 2. The van der Waals surface area contributed by atoms with Crippen LogP contribution in [0, 0.1) is 0 Å². The summed E-state index contributed by atoms with van der Waals surface area (Å²) in [5, 5.41) is 3.47. The summed E-state index contributed by atoms with van der Waals surface area (Å²) in [5.41, 5.74) is 1.16. The van der Waals surface area contributed by atoms with Crippen LogP contribution in [-0.4, -0.2) is 29.7 Å². The molecule has 3 rings (SSSR count). The van der Waals surface area contributed by atoms with E-state index in [4.69, 9.17) is 9.47 Å². The Kier molecular flexibility index (Phi) is 4.98. The summed E-state index contributed by atoms with van der Waals surface area (Å²) < 4.78 is 23.1. The van der Waals surface area contributed by atoms with Gasteiger partial charge in [-0.05, 0) is 36.8 Å². The largest absolute Gasteiger partial charge is 0.486 e. The lowest BCUT2D eigenvalue weighted by molar-refractivity contribution is 0.0886. The van der Waals surface area contributed by atoms with Crippen LogP contribution in [0.1, 0.15) is 18.5 Å². The van der Waals surface area contributed by atoms with Crippen LogP contribution in [0.15, 0.2) is 53.4 Å². The predicted octanol–water partition coefficient (Wildman–Crippen LogP) is 2.91. The highest BCUT2D eigenvalue weighted by atomic mass is 32.2. The van der Waals surface area contributed by atoms with Crippen LogP contribution in [0.3, 0.4) is 0 Å². The molecule has 1 aliphatic heterocycles. The van der Waals surface area contributed by atoms with Gasteiger partial charge in [-0.15, -0.1) is 0 Å². The molecule has 4 nitrogen and oxygen atoms in total. The van der Waals surface area contributed by atoms with Gasteiger partial charge in [0.05, 0.1) is 0 Å². The van der Waals surface area contributed by atoms with Gasteiger partial charge in [-0.1, -0.05) is 24.3 Å². The minimum atomic E-state index is -0.936. The molecule has 0 fully saturated rings. The summed E-state index contributed by atoms with van der Waals surface area (Å²) in [6.45, 7) is 3.36. The van der Waals surface area contributed by atoms with Gasteiger partial charge in [-0.2, -0.15) is 0 Å². The van der Waals surface area contributed by atoms with Crippen LogP contribution in [0.4, 0.5) is 0 Å². The molecule has 0 unspecified atom stereocenters. The molecule has 2 aromatic rings. The zero-order valence-electron chi connectivity index (χ0n) is 13.3. The third-order valence-electron chi connectivity index (χ3n) is 3.93. The first-order valence-electron chi connectivity index (χ1n) is 7.69. The maximum atomic E-state index is 11.4. The second-order valence-electron chi connectivity index (χ2n) is 5.65. The molecular weight excluding hydrogens is 310 g/mol. The van der Waals surface area contributed by atoms with Gasteiger partial charge in [-0.3, -0.25) is 4.21 Å². The van der Waals surface area contributed by atoms with Crippen LogP contribution in [0.25, 0.3) is 0 Å². The number of hydrogen-bond donors (Lipinski definition) is 1. The van der Waals surface area contributed by atoms with E-state index in [-0.39, 0.29) is 12.1 Å². The third kappa shape index (κ3) is 3.92. The van der Waals surface area contributed by atoms with Gasteiger partial charge >= 0.3 is 0 Å². The van der Waals surface area contributed by atoms with Crippen molar-refractivity contribution >= 4 is 10.8 Å². The zero-order valence-corrected chi connectivity index (χ0v) is 14.1. The zero-order chi connectivity index (χ0) is 16.2. The highest BCUT2D eigenvalue weighted by Gasteiger charge is 2.21. The second-order valence-corrected chi connectivity index (χ2v) is 7.03. The van der Waals surface area contributed by atoms with Crippen molar-refractivity contribution < 1.29 is 13.7 Å². The molecule has 0 saturated heterocycles. The van der Waals surface area contributed by atoms with E-state index in [1.807, 2.05) is 48.5 Å². The van der Waals surface area contributed by atoms with Crippen LogP contribution in [0.5, 0.6) is 11.5 Å². The van der Waals surface area contributed by atoms with Crippen molar-refractivity contribution in [2.75, 3.05) is 19.4 Å². The highest BCUT2D eigenvalue weighted by Crippen LogP contribution is 2.30. The van der Waals surface area contributed by atoms with E-state index in [9.17, 15) is 4.21 Å². The summed E-state index contributed by atoms with van der Waals surface area (Å²) in [4.78, 5) is 0.849. The Morgan fingerprint density at radius 2 is 1.87 bits per heavy atom. The highest BCUT2D eigenvalue weighted by molar-refractivity contribution is 7.84. The fourth-order valence-electron chi connectivity index (χ4n) is 2.54. The van der Waals surface area contributed by atoms with E-state index >= 15 is 0 Å². The van der Waals surface area contributed by atoms with E-state index in [0.29, 0.717) is 13.2 Å². The van der Waals surface area contributed by atoms with Crippen molar-refractivity contribution in [3.63, 3.8) is 0 Å². The van der Waals surface area contributed by atoms with E-state index < -0.39 is 10.8 Å². The number of benzene rings is 2. The predicted molar refractivity (Wildman–Crippen MR) is 91.5 cm³/mol. The SMILES string of the molecule is C[C@H](NC[C@@H]1COc2ccccc2O1)c1ccc([S@@](C)=O)cc1. The number of rotatable bonds is 5. The summed E-state index contributed by atoms with van der Waals surface area (Å²) in [6, 6.07) is 15.8. The molecule has 0 radical (unpaired) electrons. The molecule has 1 aliphatic rings. The molecule has 0 bridgehead atoms. The van der Waals surface area contributed by atoms with Gasteiger partial charge in [0.15, 0.2) is 11.5 Å². The van der Waals surface area contributed by atoms with Crippen molar-refractivity contribution in [1.29, 1.82) is 0 Å². The fraction of sp³-hybridized carbons (Fsp3) is 0.333. The normalized spacial score (nSPS) is 19.1. The molecule has 0 amide bonds. The van der Waals surface area contributed by atoms with Gasteiger partial charge < -0.3 is 14.8 Å². The van der Waals surface area contributed by atoms with Crippen molar-refractivity contribution in [2.45, 2.75) is 24.0 Å². The minimum absolute atomic E-state index is 0.00484. The summed E-state index contributed by atoms with van der Waals surface area (Å²) in [5.74, 6) is 1.60. The van der Waals surface area contributed by atoms with Gasteiger partial charge in [0.2, 0.25) is 0 Å². The van der Waals surface area contributed by atoms with E-state index in [1.54, 1.807) is 6.26 Å². The Labute approximate surface area is 139 Å². The molecule has 1 N–H and O–H groups in total. The van der Waals surface area contributed by atoms with E-state index in [1.165, 1.54) is 0 Å². The van der Waals surface area contributed by atoms with Crippen LogP contribution < -0.4 is 14.8 Å². The molecule has 23 heavy (non-hydrogen) atoms. The van der Waals surface area contributed by atoms with Gasteiger partial charge in [-0.25, -0.2) is 0 Å². The maximum Gasteiger partial charge on any atom is 0.161 e. The Balaban J connectivity index is 1.55. The number of hydrogen-bond acceptors (Lipinski definition) is 4. The number of fused-ring (bicyclic) bond motifs is 1. The molecular formula is C18H21NO3S. The van der Waals surface area contributed by atoms with Crippen LogP contribution in [0.2, 0.25) is 0 Å². The van der Waals surface area contributed by atoms with Crippen molar-refractivity contribution in [2.24, 2.45) is 0 Å². The lowest BCUT2D eigenvalue weighted by Gasteiger charge is -2.27. The Hall–Kier alpha value is -1.85. The van der Waals surface area contributed by atoms with Crippen molar-refractivity contribution in [3.05, 3.63) is 54.1 Å². The molecule has 0 spiro atoms. The summed E-state index contributed by atoms with van der Waals surface area (Å²) >= 11 is 0. The molecule has 2 aromatic carbocycles. The molecule has 122 valence electrons. The minimum Gasteiger partial charge on any atom is -0.486 e. The maximum absolute atomic E-state index is 11.4. The standard InChI is InChI=1S/C18H21NO3S/c1-13(14-7-9-16(10-8-14)23(2)20)19-11-15-12-21-17-5-3-4-6-18(17)22-15/h3-10,13,15,19H,11-12H2,1-2H3/t13-,15+,23+/m0/s1. The first-order chi connectivity index (χ1) is 11.1. The average Bonchev–Trinajstić information content (AvgIpc) is 2.59. The summed E-state index contributed by atoms with van der Waals surface area (Å²) in [7, 11) is -0.936. The lowest BCUT2D eigenvalue weighted by atomic mass is 10.1. The Morgan fingerprint density at radius 1 is 1.17 bits per heavy atom. The first kappa shape index (κ1) is 16.0. The molecule has 0 aromatic heterocycles. The molecule has 5 heteroatoms. The quantitative estimate of drug-likeness (QED) is 0.915. The number of ether oxygens (including phenoxy) is 2. The smallest absolute Gasteiger partial charge is 0.161 e.